The molecule has 1 fully saturated rings. The number of furan rings is 1. The maximum Gasteiger partial charge on any atom is 0.281 e. The minimum absolute atomic E-state index is 0.0732. The summed E-state index contributed by atoms with van der Waals surface area (Å²) in [6.07, 6.45) is 1.15. The molecule has 0 bridgehead atoms. The van der Waals surface area contributed by atoms with Crippen LogP contribution in [0.25, 0.3) is 17.4 Å². The Hall–Kier alpha value is -3.89. The number of nitro groups is 1. The van der Waals surface area contributed by atoms with E-state index in [9.17, 15) is 24.1 Å². The lowest BCUT2D eigenvalue weighted by molar-refractivity contribution is -0.384. The van der Waals surface area contributed by atoms with Crippen LogP contribution in [0.2, 0.25) is 5.02 Å². The first-order valence-electron chi connectivity index (χ1n) is 8.96. The average Bonchev–Trinajstić information content (AvgIpc) is 3.20. The number of para-hydroxylation sites is 1. The van der Waals surface area contributed by atoms with Gasteiger partial charge in [-0.1, -0.05) is 23.7 Å². The molecule has 32 heavy (non-hydrogen) atoms. The first-order chi connectivity index (χ1) is 15.3. The molecular weight excluding hydrogens is 461 g/mol. The van der Waals surface area contributed by atoms with Crippen molar-refractivity contribution in [2.75, 3.05) is 4.90 Å². The van der Waals surface area contributed by atoms with Crippen LogP contribution in [0.15, 0.2) is 64.6 Å². The molecule has 0 aliphatic carbocycles. The number of halogens is 2. The fraction of sp³-hybridized carbons (Fsp3) is 0. The molecule has 2 amide bonds. The maximum absolute atomic E-state index is 14.2. The zero-order chi connectivity index (χ0) is 23.0. The summed E-state index contributed by atoms with van der Waals surface area (Å²) in [6.45, 7) is 0. The van der Waals surface area contributed by atoms with Crippen molar-refractivity contribution in [2.24, 2.45) is 0 Å². The van der Waals surface area contributed by atoms with Gasteiger partial charge in [0, 0.05) is 11.1 Å². The highest BCUT2D eigenvalue weighted by Gasteiger charge is 2.36. The predicted molar refractivity (Wildman–Crippen MR) is 118 cm³/mol. The Morgan fingerprint density at radius 1 is 1.16 bits per heavy atom. The summed E-state index contributed by atoms with van der Waals surface area (Å²) in [5.74, 6) is -2.13. The van der Waals surface area contributed by atoms with Gasteiger partial charge in [0.1, 0.15) is 22.9 Å². The summed E-state index contributed by atoms with van der Waals surface area (Å²) in [4.78, 5) is 36.9. The first kappa shape index (κ1) is 21.3. The molecular formula is C21H11ClFN3O5S. The molecule has 1 aliphatic rings. The van der Waals surface area contributed by atoms with Gasteiger partial charge in [0.05, 0.1) is 16.2 Å². The number of carbonyl (C=O) groups is 2. The van der Waals surface area contributed by atoms with E-state index >= 15 is 0 Å². The van der Waals surface area contributed by atoms with Gasteiger partial charge in [-0.2, -0.15) is 0 Å². The molecule has 3 aromatic rings. The lowest BCUT2D eigenvalue weighted by Gasteiger charge is -2.28. The normalized spacial score (nSPS) is 15.2. The van der Waals surface area contributed by atoms with E-state index in [1.165, 1.54) is 48.5 Å². The van der Waals surface area contributed by atoms with Crippen LogP contribution in [-0.4, -0.2) is 21.9 Å². The number of nitro benzene ring substituents is 1. The number of hydrogen-bond donors (Lipinski definition) is 1. The zero-order valence-electron chi connectivity index (χ0n) is 15.9. The second-order valence-electron chi connectivity index (χ2n) is 6.53. The van der Waals surface area contributed by atoms with Crippen LogP contribution in [0.1, 0.15) is 5.76 Å². The molecule has 1 N–H and O–H groups in total. The Morgan fingerprint density at radius 3 is 2.62 bits per heavy atom. The third-order valence-corrected chi connectivity index (χ3v) is 5.05. The summed E-state index contributed by atoms with van der Waals surface area (Å²) in [6, 6.07) is 12.4. The molecule has 0 radical (unpaired) electrons. The summed E-state index contributed by atoms with van der Waals surface area (Å²) in [5.41, 5.74) is -0.579. The summed E-state index contributed by atoms with van der Waals surface area (Å²) in [7, 11) is 0. The van der Waals surface area contributed by atoms with Gasteiger partial charge in [0.15, 0.2) is 5.11 Å². The van der Waals surface area contributed by atoms with E-state index < -0.39 is 22.6 Å². The molecule has 0 unspecified atom stereocenters. The molecule has 1 aromatic heterocycles. The third kappa shape index (κ3) is 3.88. The van der Waals surface area contributed by atoms with E-state index in [1.807, 2.05) is 0 Å². The first-order valence-corrected chi connectivity index (χ1v) is 9.75. The van der Waals surface area contributed by atoms with E-state index in [0.29, 0.717) is 0 Å². The van der Waals surface area contributed by atoms with Crippen LogP contribution in [0, 0.1) is 15.9 Å². The fourth-order valence-corrected chi connectivity index (χ4v) is 3.53. The number of nitrogens with zero attached hydrogens (tertiary/aromatic N) is 2. The number of anilines is 1. The van der Waals surface area contributed by atoms with Gasteiger partial charge in [-0.3, -0.25) is 25.0 Å². The van der Waals surface area contributed by atoms with Crippen LogP contribution in [0.4, 0.5) is 15.8 Å². The Kier molecular flexibility index (Phi) is 5.56. The highest BCUT2D eigenvalue weighted by molar-refractivity contribution is 7.80. The largest absolute Gasteiger partial charge is 0.456 e. The van der Waals surface area contributed by atoms with Gasteiger partial charge in [0.2, 0.25) is 0 Å². The number of nitrogens with one attached hydrogen (secondary N) is 1. The highest BCUT2D eigenvalue weighted by Crippen LogP contribution is 2.34. The molecule has 1 saturated heterocycles. The van der Waals surface area contributed by atoms with E-state index in [4.69, 9.17) is 28.2 Å². The van der Waals surface area contributed by atoms with Crippen LogP contribution in [0.5, 0.6) is 0 Å². The molecule has 2 aromatic carbocycles. The van der Waals surface area contributed by atoms with Gasteiger partial charge in [0.25, 0.3) is 17.5 Å². The van der Waals surface area contributed by atoms with Gasteiger partial charge < -0.3 is 4.42 Å². The van der Waals surface area contributed by atoms with Crippen LogP contribution >= 0.6 is 23.8 Å². The van der Waals surface area contributed by atoms with Crippen LogP contribution in [0.3, 0.4) is 0 Å². The Bertz CT molecular complexity index is 1340. The smallest absolute Gasteiger partial charge is 0.281 e. The second-order valence-corrected chi connectivity index (χ2v) is 7.35. The molecule has 0 saturated carbocycles. The topological polar surface area (TPSA) is 106 Å². The standard InChI is InChI=1S/C21H11ClFN3O5S/c22-11-5-7-13(17(9-11)26(29)30)18-8-6-12(31-18)10-14-19(27)24-21(32)25(20(14)28)16-4-2-1-3-15(16)23/h1-10H,(H,24,27,32). The number of rotatable bonds is 4. The molecule has 4 rings (SSSR count). The Balaban J connectivity index is 1.72. The minimum Gasteiger partial charge on any atom is -0.456 e. The van der Waals surface area contributed by atoms with E-state index in [-0.39, 0.29) is 44.2 Å². The minimum atomic E-state index is -0.848. The van der Waals surface area contributed by atoms with Gasteiger partial charge >= 0.3 is 0 Å². The maximum atomic E-state index is 14.2. The highest BCUT2D eigenvalue weighted by atomic mass is 35.5. The molecule has 0 atom stereocenters. The average molecular weight is 472 g/mol. The van der Waals surface area contributed by atoms with E-state index in [0.717, 1.165) is 17.0 Å². The third-order valence-electron chi connectivity index (χ3n) is 4.53. The Morgan fingerprint density at radius 2 is 1.91 bits per heavy atom. The van der Waals surface area contributed by atoms with Crippen molar-refractivity contribution in [1.29, 1.82) is 0 Å². The quantitative estimate of drug-likeness (QED) is 0.198. The van der Waals surface area contributed by atoms with E-state index in [1.54, 1.807) is 0 Å². The number of amides is 2. The molecule has 2 heterocycles. The number of carbonyl (C=O) groups excluding carboxylic acids is 2. The van der Waals surface area contributed by atoms with Crippen molar-refractivity contribution < 1.29 is 23.3 Å². The van der Waals surface area contributed by atoms with Crippen molar-refractivity contribution in [3.8, 4) is 11.3 Å². The number of benzene rings is 2. The van der Waals surface area contributed by atoms with Crippen molar-refractivity contribution in [3.05, 3.63) is 86.9 Å². The SMILES string of the molecule is O=C1NC(=S)N(c2ccccc2F)C(=O)C1=Cc1ccc(-c2ccc(Cl)cc2[N+](=O)[O-])o1. The van der Waals surface area contributed by atoms with Crippen molar-refractivity contribution >= 4 is 58.2 Å². The second kappa shape index (κ2) is 8.33. The summed E-state index contributed by atoms with van der Waals surface area (Å²) in [5, 5.41) is 13.6. The zero-order valence-corrected chi connectivity index (χ0v) is 17.4. The van der Waals surface area contributed by atoms with Gasteiger partial charge in [-0.25, -0.2) is 9.29 Å². The molecule has 1 aliphatic heterocycles. The molecule has 8 nitrogen and oxygen atoms in total. The van der Waals surface area contributed by atoms with Gasteiger partial charge in [-0.15, -0.1) is 0 Å². The van der Waals surface area contributed by atoms with Gasteiger partial charge in [-0.05, 0) is 54.7 Å². The molecule has 0 spiro atoms. The molecule has 160 valence electrons. The number of hydrogen-bond acceptors (Lipinski definition) is 6. The van der Waals surface area contributed by atoms with Crippen molar-refractivity contribution in [1.82, 2.24) is 5.32 Å². The van der Waals surface area contributed by atoms with Crippen LogP contribution < -0.4 is 10.2 Å². The number of thiocarbonyl (C=S) groups is 1. The summed E-state index contributed by atoms with van der Waals surface area (Å²) >= 11 is 10.9. The van der Waals surface area contributed by atoms with E-state index in [2.05, 4.69) is 5.32 Å². The van der Waals surface area contributed by atoms with Crippen molar-refractivity contribution in [3.63, 3.8) is 0 Å². The summed E-state index contributed by atoms with van der Waals surface area (Å²) < 4.78 is 19.8. The van der Waals surface area contributed by atoms with Crippen LogP contribution in [-0.2, 0) is 9.59 Å². The molecule has 11 heteroatoms. The fourth-order valence-electron chi connectivity index (χ4n) is 3.09. The monoisotopic (exact) mass is 471 g/mol. The lowest BCUT2D eigenvalue weighted by atomic mass is 10.1. The Labute approximate surface area is 190 Å². The lowest BCUT2D eigenvalue weighted by Crippen LogP contribution is -2.54. The van der Waals surface area contributed by atoms with Crippen molar-refractivity contribution in [2.45, 2.75) is 0 Å². The predicted octanol–water partition coefficient (Wildman–Crippen LogP) is 4.48.